The van der Waals surface area contributed by atoms with Crippen molar-refractivity contribution in [2.75, 3.05) is 4.90 Å². The van der Waals surface area contributed by atoms with Crippen molar-refractivity contribution < 1.29 is 0 Å². The van der Waals surface area contributed by atoms with Crippen LogP contribution in [0.4, 0.5) is 17.1 Å². The van der Waals surface area contributed by atoms with Gasteiger partial charge < -0.3 is 9.47 Å². The average molecular weight is 929 g/mol. The highest BCUT2D eigenvalue weighted by Gasteiger charge is 2.46. The minimum Gasteiger partial charge on any atom is -0.309 e. The van der Waals surface area contributed by atoms with Crippen molar-refractivity contribution in [3.63, 3.8) is 0 Å². The van der Waals surface area contributed by atoms with Gasteiger partial charge in [-0.05, 0) is 121 Å². The van der Waals surface area contributed by atoms with E-state index < -0.39 is 5.41 Å². The molecule has 0 saturated heterocycles. The molecule has 0 unspecified atom stereocenters. The topological polar surface area (TPSA) is 8.17 Å². The molecule has 0 spiro atoms. The maximum atomic E-state index is 2.51. The van der Waals surface area contributed by atoms with Gasteiger partial charge in [0.2, 0.25) is 0 Å². The van der Waals surface area contributed by atoms with E-state index in [4.69, 9.17) is 0 Å². The molecule has 0 bridgehead atoms. The van der Waals surface area contributed by atoms with E-state index in [1.54, 1.807) is 0 Å². The van der Waals surface area contributed by atoms with Crippen LogP contribution < -0.4 is 4.90 Å². The standard InChI is InChI=1S/C71H48N2/c1-4-21-49(22-5-1)51-25-18-26-52(45-51)53-27-19-32-57(46-53)73-69-39-17-14-36-63(69)64-43-41-54(47-70(64)73)60-34-13-16-38-67(60)72(68-40-20-24-50-23-10-11-33-59(50)68)58-42-44-62-61-35-12-15-37-65(61)71(66(62)48-58,55-28-6-2-7-29-55)56-30-8-3-9-31-56/h1-48H. The van der Waals surface area contributed by atoms with Crippen molar-refractivity contribution in [2.24, 2.45) is 0 Å². The summed E-state index contributed by atoms with van der Waals surface area (Å²) in [5.41, 5.74) is 20.9. The Morgan fingerprint density at radius 1 is 0.288 bits per heavy atom. The number of anilines is 3. The van der Waals surface area contributed by atoms with E-state index in [1.165, 1.54) is 82.7 Å². The number of rotatable bonds is 9. The van der Waals surface area contributed by atoms with Crippen LogP contribution in [-0.4, -0.2) is 4.57 Å². The van der Waals surface area contributed by atoms with Crippen molar-refractivity contribution in [3.05, 3.63) is 313 Å². The normalized spacial score (nSPS) is 12.5. The van der Waals surface area contributed by atoms with Gasteiger partial charge in [-0.15, -0.1) is 0 Å². The molecule has 0 saturated carbocycles. The first kappa shape index (κ1) is 42.4. The van der Waals surface area contributed by atoms with Crippen molar-refractivity contribution in [1.82, 2.24) is 4.57 Å². The number of benzene rings is 12. The van der Waals surface area contributed by atoms with E-state index in [2.05, 4.69) is 301 Å². The van der Waals surface area contributed by atoms with E-state index in [0.717, 1.165) is 39.4 Å². The number of fused-ring (bicyclic) bond motifs is 7. The Morgan fingerprint density at radius 2 is 0.836 bits per heavy atom. The minimum absolute atomic E-state index is 0.547. The number of para-hydroxylation sites is 2. The second-order valence-corrected chi connectivity index (χ2v) is 19.2. The maximum Gasteiger partial charge on any atom is 0.0714 e. The summed E-state index contributed by atoms with van der Waals surface area (Å²) in [5, 5.41) is 4.82. The largest absolute Gasteiger partial charge is 0.309 e. The van der Waals surface area contributed by atoms with E-state index in [0.29, 0.717) is 0 Å². The van der Waals surface area contributed by atoms with Crippen LogP contribution in [0.1, 0.15) is 22.3 Å². The smallest absolute Gasteiger partial charge is 0.0714 e. The third-order valence-electron chi connectivity index (χ3n) is 15.2. The molecular weight excluding hydrogens is 881 g/mol. The van der Waals surface area contributed by atoms with Crippen LogP contribution in [0.2, 0.25) is 0 Å². The molecule has 342 valence electrons. The highest BCUT2D eigenvalue weighted by molar-refractivity contribution is 6.11. The molecule has 1 aromatic heterocycles. The summed E-state index contributed by atoms with van der Waals surface area (Å²) in [7, 11) is 0. The summed E-state index contributed by atoms with van der Waals surface area (Å²) in [5.74, 6) is 0. The summed E-state index contributed by atoms with van der Waals surface area (Å²) in [6.07, 6.45) is 0. The van der Waals surface area contributed by atoms with E-state index in [1.807, 2.05) is 0 Å². The van der Waals surface area contributed by atoms with Gasteiger partial charge in [0.05, 0.1) is 27.8 Å². The molecule has 1 aliphatic carbocycles. The van der Waals surface area contributed by atoms with E-state index in [9.17, 15) is 0 Å². The van der Waals surface area contributed by atoms with Gasteiger partial charge in [0, 0.05) is 33.1 Å². The van der Waals surface area contributed by atoms with Crippen molar-refractivity contribution in [2.45, 2.75) is 5.41 Å². The molecule has 0 atom stereocenters. The summed E-state index contributed by atoms with van der Waals surface area (Å²) in [6, 6.07) is 107. The van der Waals surface area contributed by atoms with Crippen molar-refractivity contribution >= 4 is 49.6 Å². The Hall–Kier alpha value is -9.50. The number of nitrogens with zero attached hydrogens (tertiary/aromatic N) is 2. The Kier molecular flexibility index (Phi) is 10.1. The molecule has 73 heavy (non-hydrogen) atoms. The van der Waals surface area contributed by atoms with Gasteiger partial charge in [0.25, 0.3) is 0 Å². The van der Waals surface area contributed by atoms with Crippen LogP contribution in [0, 0.1) is 0 Å². The lowest BCUT2D eigenvalue weighted by Crippen LogP contribution is -2.28. The molecule has 2 nitrogen and oxygen atoms in total. The van der Waals surface area contributed by atoms with Gasteiger partial charge in [0.1, 0.15) is 0 Å². The molecule has 13 aromatic rings. The van der Waals surface area contributed by atoms with E-state index in [-0.39, 0.29) is 0 Å². The highest BCUT2D eigenvalue weighted by atomic mass is 15.1. The molecule has 1 aliphatic rings. The van der Waals surface area contributed by atoms with Gasteiger partial charge in [0.15, 0.2) is 0 Å². The Labute approximate surface area is 426 Å². The number of hydrogen-bond acceptors (Lipinski definition) is 1. The lowest BCUT2D eigenvalue weighted by atomic mass is 9.67. The van der Waals surface area contributed by atoms with Gasteiger partial charge in [-0.2, -0.15) is 0 Å². The molecule has 0 fully saturated rings. The zero-order valence-electron chi connectivity index (χ0n) is 40.1. The van der Waals surface area contributed by atoms with Crippen LogP contribution in [0.25, 0.3) is 82.8 Å². The fourth-order valence-electron chi connectivity index (χ4n) is 12.0. The summed E-state index contributed by atoms with van der Waals surface area (Å²) < 4.78 is 2.45. The van der Waals surface area contributed by atoms with Crippen LogP contribution >= 0.6 is 0 Å². The third kappa shape index (κ3) is 6.87. The number of hydrogen-bond donors (Lipinski definition) is 0. The van der Waals surface area contributed by atoms with Gasteiger partial charge in [-0.3, -0.25) is 0 Å². The first-order valence-electron chi connectivity index (χ1n) is 25.2. The molecular formula is C71H48N2. The monoisotopic (exact) mass is 928 g/mol. The zero-order valence-corrected chi connectivity index (χ0v) is 40.1. The van der Waals surface area contributed by atoms with Gasteiger partial charge >= 0.3 is 0 Å². The minimum atomic E-state index is -0.547. The predicted octanol–water partition coefficient (Wildman–Crippen LogP) is 18.8. The van der Waals surface area contributed by atoms with Crippen LogP contribution in [0.3, 0.4) is 0 Å². The summed E-state index contributed by atoms with van der Waals surface area (Å²) in [4.78, 5) is 2.51. The quantitative estimate of drug-likeness (QED) is 0.140. The van der Waals surface area contributed by atoms with E-state index >= 15 is 0 Å². The molecule has 0 aliphatic heterocycles. The second kappa shape index (κ2) is 17.4. The Morgan fingerprint density at radius 3 is 1.63 bits per heavy atom. The first-order chi connectivity index (χ1) is 36.2. The lowest BCUT2D eigenvalue weighted by molar-refractivity contribution is 0.768. The van der Waals surface area contributed by atoms with Crippen molar-refractivity contribution in [1.29, 1.82) is 0 Å². The fraction of sp³-hybridized carbons (Fsp3) is 0.0141. The van der Waals surface area contributed by atoms with Gasteiger partial charge in [-0.25, -0.2) is 0 Å². The molecule has 2 heteroatoms. The Balaban J connectivity index is 0.976. The molecule has 0 radical (unpaired) electrons. The first-order valence-corrected chi connectivity index (χ1v) is 25.2. The van der Waals surface area contributed by atoms with Crippen LogP contribution in [0.15, 0.2) is 291 Å². The maximum absolute atomic E-state index is 2.51. The molecule has 12 aromatic carbocycles. The summed E-state index contributed by atoms with van der Waals surface area (Å²) in [6.45, 7) is 0. The number of aromatic nitrogens is 1. The molecule has 14 rings (SSSR count). The fourth-order valence-corrected chi connectivity index (χ4v) is 12.0. The van der Waals surface area contributed by atoms with Crippen LogP contribution in [0.5, 0.6) is 0 Å². The summed E-state index contributed by atoms with van der Waals surface area (Å²) >= 11 is 0. The molecule has 0 N–H and O–H groups in total. The van der Waals surface area contributed by atoms with Gasteiger partial charge in [-0.1, -0.05) is 237 Å². The SMILES string of the molecule is c1ccc(-c2cccc(-c3cccc(-n4c5ccccc5c5ccc(-c6ccccc6N(c6ccc7c(c6)C(c6ccccc6)(c6ccccc6)c6ccccc6-7)c6cccc7ccccc67)cc54)c3)c2)cc1. The average Bonchev–Trinajstić information content (AvgIpc) is 3.96. The lowest BCUT2D eigenvalue weighted by Gasteiger charge is -2.35. The molecule has 1 heterocycles. The highest BCUT2D eigenvalue weighted by Crippen LogP contribution is 2.58. The molecule has 0 amide bonds. The van der Waals surface area contributed by atoms with Crippen molar-refractivity contribution in [3.8, 4) is 50.2 Å². The van der Waals surface area contributed by atoms with Crippen LogP contribution in [-0.2, 0) is 5.41 Å². The zero-order chi connectivity index (χ0) is 48.3. The Bertz CT molecular complexity index is 4160. The third-order valence-corrected chi connectivity index (χ3v) is 15.2. The second-order valence-electron chi connectivity index (χ2n) is 19.2. The predicted molar refractivity (Wildman–Crippen MR) is 307 cm³/mol.